The largest absolute Gasteiger partial charge is 0.466 e. The van der Waals surface area contributed by atoms with Crippen molar-refractivity contribution < 1.29 is 19.1 Å². The van der Waals surface area contributed by atoms with Gasteiger partial charge in [0.25, 0.3) is 0 Å². The number of nitriles is 1. The molecular weight excluding hydrogens is 336 g/mol. The molecular formula is C18H22N4O4. The van der Waals surface area contributed by atoms with Gasteiger partial charge in [-0.15, -0.1) is 0 Å². The summed E-state index contributed by atoms with van der Waals surface area (Å²) in [7, 11) is 0. The number of rotatable bonds is 7. The summed E-state index contributed by atoms with van der Waals surface area (Å²) in [6, 6.07) is 8.09. The lowest BCUT2D eigenvalue weighted by molar-refractivity contribution is -0.144. The maximum Gasteiger partial charge on any atom is 0.312 e. The number of amides is 3. The lowest BCUT2D eigenvalue weighted by Gasteiger charge is -2.23. The van der Waals surface area contributed by atoms with Crippen molar-refractivity contribution in [1.29, 1.82) is 5.26 Å². The molecule has 8 nitrogen and oxygen atoms in total. The molecule has 0 spiro atoms. The normalized spacial score (nSPS) is 17.5. The minimum Gasteiger partial charge on any atom is -0.466 e. The zero-order chi connectivity index (χ0) is 19.1. The topological polar surface area (TPSA) is 126 Å². The van der Waals surface area contributed by atoms with E-state index in [-0.39, 0.29) is 25.5 Å². The fourth-order valence-electron chi connectivity index (χ4n) is 3.13. The highest BCUT2D eigenvalue weighted by Crippen LogP contribution is 2.31. The van der Waals surface area contributed by atoms with Gasteiger partial charge in [-0.1, -0.05) is 0 Å². The second-order valence-electron chi connectivity index (χ2n) is 6.06. The molecule has 1 aliphatic heterocycles. The predicted octanol–water partition coefficient (Wildman–Crippen LogP) is 1.15. The molecule has 1 aliphatic rings. The Hall–Kier alpha value is -3.08. The van der Waals surface area contributed by atoms with E-state index >= 15 is 0 Å². The van der Waals surface area contributed by atoms with Crippen LogP contribution in [0, 0.1) is 23.2 Å². The Morgan fingerprint density at radius 1 is 1.42 bits per heavy atom. The Labute approximate surface area is 151 Å². The zero-order valence-corrected chi connectivity index (χ0v) is 14.6. The average molecular weight is 358 g/mol. The summed E-state index contributed by atoms with van der Waals surface area (Å²) >= 11 is 0. The predicted molar refractivity (Wildman–Crippen MR) is 93.9 cm³/mol. The molecule has 138 valence electrons. The van der Waals surface area contributed by atoms with Crippen LogP contribution in [-0.4, -0.2) is 37.6 Å². The minimum absolute atomic E-state index is 0.0335. The number of nitrogens with zero attached hydrogens (tertiary/aromatic N) is 2. The fraction of sp³-hybridized carbons (Fsp3) is 0.444. The number of hydrogen-bond donors (Lipinski definition) is 2. The molecule has 0 aliphatic carbocycles. The number of esters is 1. The SMILES string of the molecule is CCOC(=O)CC(CNC(N)=O)[C@H]1CCN(c2ccc(C#N)cc2)C1=O. The Balaban J connectivity index is 2.12. The smallest absolute Gasteiger partial charge is 0.312 e. The van der Waals surface area contributed by atoms with E-state index in [2.05, 4.69) is 5.32 Å². The number of nitrogens with one attached hydrogen (secondary N) is 1. The summed E-state index contributed by atoms with van der Waals surface area (Å²) in [5, 5.41) is 11.4. The molecule has 0 bridgehead atoms. The van der Waals surface area contributed by atoms with E-state index in [0.29, 0.717) is 24.2 Å². The molecule has 1 heterocycles. The van der Waals surface area contributed by atoms with Crippen LogP contribution in [0.25, 0.3) is 0 Å². The van der Waals surface area contributed by atoms with Gasteiger partial charge < -0.3 is 20.7 Å². The summed E-state index contributed by atoms with van der Waals surface area (Å²) in [6.07, 6.45) is 0.592. The molecule has 1 aromatic rings. The molecule has 1 fully saturated rings. The van der Waals surface area contributed by atoms with Crippen molar-refractivity contribution in [1.82, 2.24) is 5.32 Å². The van der Waals surface area contributed by atoms with E-state index in [9.17, 15) is 14.4 Å². The van der Waals surface area contributed by atoms with E-state index in [1.807, 2.05) is 6.07 Å². The third kappa shape index (κ3) is 4.72. The maximum atomic E-state index is 12.9. The van der Waals surface area contributed by atoms with Crippen molar-refractivity contribution in [2.75, 3.05) is 24.6 Å². The van der Waals surface area contributed by atoms with Gasteiger partial charge in [-0.2, -0.15) is 5.26 Å². The van der Waals surface area contributed by atoms with E-state index < -0.39 is 23.8 Å². The number of hydrogen-bond acceptors (Lipinski definition) is 5. The van der Waals surface area contributed by atoms with E-state index in [1.165, 1.54) is 0 Å². The number of carbonyl (C=O) groups excluding carboxylic acids is 3. The number of urea groups is 1. The number of nitrogens with two attached hydrogens (primary N) is 1. The van der Waals surface area contributed by atoms with Gasteiger partial charge in [-0.3, -0.25) is 9.59 Å². The van der Waals surface area contributed by atoms with Gasteiger partial charge in [0.05, 0.1) is 24.7 Å². The van der Waals surface area contributed by atoms with Crippen molar-refractivity contribution in [2.24, 2.45) is 17.6 Å². The summed E-state index contributed by atoms with van der Waals surface area (Å²) in [5.74, 6) is -1.33. The van der Waals surface area contributed by atoms with Crippen LogP contribution in [0.15, 0.2) is 24.3 Å². The lowest BCUT2D eigenvalue weighted by Crippen LogP contribution is -2.39. The first-order valence-electron chi connectivity index (χ1n) is 8.46. The maximum absolute atomic E-state index is 12.9. The molecule has 3 amide bonds. The van der Waals surface area contributed by atoms with Crippen LogP contribution in [0.2, 0.25) is 0 Å². The fourth-order valence-corrected chi connectivity index (χ4v) is 3.13. The van der Waals surface area contributed by atoms with Gasteiger partial charge >= 0.3 is 12.0 Å². The molecule has 1 saturated heterocycles. The lowest BCUT2D eigenvalue weighted by atomic mass is 9.88. The second kappa shape index (κ2) is 8.85. The quantitative estimate of drug-likeness (QED) is 0.707. The monoisotopic (exact) mass is 358 g/mol. The van der Waals surface area contributed by atoms with Crippen molar-refractivity contribution >= 4 is 23.6 Å². The number of ether oxygens (including phenoxy) is 1. The highest BCUT2D eigenvalue weighted by Gasteiger charge is 2.39. The molecule has 0 aromatic heterocycles. The van der Waals surface area contributed by atoms with Crippen LogP contribution >= 0.6 is 0 Å². The molecule has 8 heteroatoms. The van der Waals surface area contributed by atoms with Crippen molar-refractivity contribution in [2.45, 2.75) is 19.8 Å². The van der Waals surface area contributed by atoms with Crippen LogP contribution in [0.3, 0.4) is 0 Å². The Kier molecular flexibility index (Phi) is 6.55. The van der Waals surface area contributed by atoms with Crippen LogP contribution in [0.4, 0.5) is 10.5 Å². The van der Waals surface area contributed by atoms with Gasteiger partial charge in [-0.25, -0.2) is 4.79 Å². The molecule has 2 rings (SSSR count). The van der Waals surface area contributed by atoms with Gasteiger partial charge in [0.15, 0.2) is 0 Å². The summed E-state index contributed by atoms with van der Waals surface area (Å²) in [6.45, 7) is 2.60. The van der Waals surface area contributed by atoms with Crippen molar-refractivity contribution in [3.63, 3.8) is 0 Å². The van der Waals surface area contributed by atoms with Crippen LogP contribution in [0.1, 0.15) is 25.3 Å². The number of primary amides is 1. The van der Waals surface area contributed by atoms with Crippen LogP contribution in [0.5, 0.6) is 0 Å². The minimum atomic E-state index is -0.701. The molecule has 2 atom stereocenters. The van der Waals surface area contributed by atoms with E-state index in [0.717, 1.165) is 0 Å². The summed E-state index contributed by atoms with van der Waals surface area (Å²) in [5.41, 5.74) is 6.34. The second-order valence-corrected chi connectivity index (χ2v) is 6.06. The number of benzene rings is 1. The van der Waals surface area contributed by atoms with E-state index in [4.69, 9.17) is 15.7 Å². The highest BCUT2D eigenvalue weighted by molar-refractivity contribution is 5.97. The molecule has 26 heavy (non-hydrogen) atoms. The zero-order valence-electron chi connectivity index (χ0n) is 14.6. The number of carbonyl (C=O) groups is 3. The van der Waals surface area contributed by atoms with Gasteiger partial charge in [0, 0.05) is 24.7 Å². The van der Waals surface area contributed by atoms with Crippen LogP contribution in [-0.2, 0) is 14.3 Å². The number of anilines is 1. The van der Waals surface area contributed by atoms with Crippen LogP contribution < -0.4 is 16.0 Å². The highest BCUT2D eigenvalue weighted by atomic mass is 16.5. The molecule has 0 radical (unpaired) electrons. The van der Waals surface area contributed by atoms with Gasteiger partial charge in [0.2, 0.25) is 5.91 Å². The standard InChI is InChI=1S/C18H22N4O4/c1-2-26-16(23)9-13(11-21-18(20)25)15-7-8-22(17(15)24)14-5-3-12(10-19)4-6-14/h3-6,13,15H,2,7-9,11H2,1H3,(H3,20,21,25)/t13?,15-/m1/s1. The molecule has 0 saturated carbocycles. The first kappa shape index (κ1) is 19.2. The average Bonchev–Trinajstić information content (AvgIpc) is 3.00. The Morgan fingerprint density at radius 2 is 2.12 bits per heavy atom. The van der Waals surface area contributed by atoms with Crippen molar-refractivity contribution in [3.8, 4) is 6.07 Å². The first-order chi connectivity index (χ1) is 12.5. The Bertz CT molecular complexity index is 711. The third-order valence-corrected chi connectivity index (χ3v) is 4.40. The molecule has 1 unspecified atom stereocenters. The molecule has 3 N–H and O–H groups in total. The third-order valence-electron chi connectivity index (χ3n) is 4.40. The summed E-state index contributed by atoms with van der Waals surface area (Å²) < 4.78 is 4.97. The van der Waals surface area contributed by atoms with E-state index in [1.54, 1.807) is 36.1 Å². The first-order valence-corrected chi connectivity index (χ1v) is 8.46. The molecule has 1 aromatic carbocycles. The van der Waals surface area contributed by atoms with Crippen molar-refractivity contribution in [3.05, 3.63) is 29.8 Å². The Morgan fingerprint density at radius 3 is 2.69 bits per heavy atom. The van der Waals surface area contributed by atoms with Gasteiger partial charge in [0.1, 0.15) is 0 Å². The van der Waals surface area contributed by atoms with Gasteiger partial charge in [-0.05, 0) is 43.5 Å². The summed E-state index contributed by atoms with van der Waals surface area (Å²) in [4.78, 5) is 37.4.